The van der Waals surface area contributed by atoms with Gasteiger partial charge in [0, 0.05) is 35.9 Å². The van der Waals surface area contributed by atoms with Crippen molar-refractivity contribution >= 4 is 29.2 Å². The molecule has 10 heteroatoms. The number of amides is 2. The highest BCUT2D eigenvalue weighted by Crippen LogP contribution is 2.47. The second-order valence-corrected chi connectivity index (χ2v) is 10.6. The van der Waals surface area contributed by atoms with Crippen LogP contribution in [0.15, 0.2) is 42.9 Å². The van der Waals surface area contributed by atoms with Gasteiger partial charge in [-0.3, -0.25) is 19.2 Å². The van der Waals surface area contributed by atoms with Crippen molar-refractivity contribution in [2.24, 2.45) is 11.8 Å². The molecule has 0 bridgehead atoms. The highest BCUT2D eigenvalue weighted by Gasteiger charge is 2.53. The Morgan fingerprint density at radius 3 is 2.78 bits per heavy atom. The van der Waals surface area contributed by atoms with Crippen molar-refractivity contribution in [2.45, 2.75) is 44.2 Å². The Balaban J connectivity index is 1.08. The molecule has 0 radical (unpaired) electrons. The molecule has 2 aliphatic carbocycles. The minimum Gasteiger partial charge on any atom is -0.349 e. The van der Waals surface area contributed by atoms with Crippen LogP contribution in [0.1, 0.15) is 65.2 Å². The van der Waals surface area contributed by atoms with Crippen molar-refractivity contribution in [3.05, 3.63) is 75.9 Å². The Morgan fingerprint density at radius 1 is 1.27 bits per heavy atom. The lowest BCUT2D eigenvalue weighted by molar-refractivity contribution is -0.118. The number of piperidine rings is 1. The molecule has 3 fully saturated rings. The van der Waals surface area contributed by atoms with Gasteiger partial charge in [0.2, 0.25) is 5.91 Å². The van der Waals surface area contributed by atoms with E-state index in [1.54, 1.807) is 29.2 Å². The second-order valence-electron chi connectivity index (χ2n) is 10.2. The van der Waals surface area contributed by atoms with Gasteiger partial charge in [0.25, 0.3) is 5.91 Å². The number of nitriles is 1. The van der Waals surface area contributed by atoms with Crippen LogP contribution in [-0.2, 0) is 4.79 Å². The summed E-state index contributed by atoms with van der Waals surface area (Å²) in [4.78, 5) is 30.8. The fourth-order valence-electron chi connectivity index (χ4n) is 5.39. The first-order chi connectivity index (χ1) is 17.8. The zero-order valence-corrected chi connectivity index (χ0v) is 20.8. The molecular formula is C27H24ClFN6O2. The average Bonchev–Trinajstić information content (AvgIpc) is 3.32. The van der Waals surface area contributed by atoms with Crippen molar-refractivity contribution < 1.29 is 14.0 Å². The first-order valence-corrected chi connectivity index (χ1v) is 12.7. The van der Waals surface area contributed by atoms with E-state index in [0.29, 0.717) is 34.2 Å². The molecule has 3 heterocycles. The summed E-state index contributed by atoms with van der Waals surface area (Å²) in [5.41, 5.74) is 2.52. The maximum Gasteiger partial charge on any atom is 0.254 e. The Kier molecular flexibility index (Phi) is 5.72. The smallest absolute Gasteiger partial charge is 0.254 e. The number of pyridine rings is 1. The third-order valence-corrected chi connectivity index (χ3v) is 8.05. The molecule has 2 amide bonds. The number of nitrogens with zero attached hydrogens (tertiary/aromatic N) is 5. The van der Waals surface area contributed by atoms with Crippen LogP contribution in [0.3, 0.4) is 0 Å². The van der Waals surface area contributed by atoms with Crippen molar-refractivity contribution in [2.75, 3.05) is 11.4 Å². The highest BCUT2D eigenvalue weighted by atomic mass is 35.5. The van der Waals surface area contributed by atoms with Gasteiger partial charge >= 0.3 is 0 Å². The highest BCUT2D eigenvalue weighted by molar-refractivity contribution is 6.30. The van der Waals surface area contributed by atoms with Crippen LogP contribution >= 0.6 is 11.6 Å². The summed E-state index contributed by atoms with van der Waals surface area (Å²) in [6.07, 6.45) is 7.02. The van der Waals surface area contributed by atoms with Crippen LogP contribution < -0.4 is 10.2 Å². The van der Waals surface area contributed by atoms with Crippen LogP contribution in [-0.4, -0.2) is 39.2 Å². The number of hydrogen-bond acceptors (Lipinski definition) is 5. The van der Waals surface area contributed by atoms with Crippen LogP contribution in [0.2, 0.25) is 5.02 Å². The van der Waals surface area contributed by atoms with Gasteiger partial charge in [-0.15, -0.1) is 0 Å². The van der Waals surface area contributed by atoms with E-state index in [2.05, 4.69) is 21.5 Å². The molecular weight excluding hydrogens is 495 g/mol. The quantitative estimate of drug-likeness (QED) is 0.526. The van der Waals surface area contributed by atoms with Crippen LogP contribution in [0.5, 0.6) is 0 Å². The zero-order chi connectivity index (χ0) is 25.8. The molecule has 8 nitrogen and oxygen atoms in total. The maximum atomic E-state index is 14.9. The van der Waals surface area contributed by atoms with Gasteiger partial charge in [-0.2, -0.15) is 10.4 Å². The first kappa shape index (κ1) is 23.6. The van der Waals surface area contributed by atoms with Crippen molar-refractivity contribution in [1.29, 1.82) is 5.26 Å². The molecule has 2 saturated carbocycles. The van der Waals surface area contributed by atoms with E-state index in [4.69, 9.17) is 11.6 Å². The number of benzene rings is 1. The largest absolute Gasteiger partial charge is 0.349 e. The maximum absolute atomic E-state index is 14.9. The average molecular weight is 519 g/mol. The Hall–Kier alpha value is -3.77. The van der Waals surface area contributed by atoms with E-state index in [-0.39, 0.29) is 41.6 Å². The molecule has 1 unspecified atom stereocenters. The molecule has 0 spiro atoms. The molecule has 1 saturated heterocycles. The number of hydrogen-bond donors (Lipinski definition) is 1. The van der Waals surface area contributed by atoms with Crippen LogP contribution in [0.4, 0.5) is 10.2 Å². The summed E-state index contributed by atoms with van der Waals surface area (Å²) in [7, 11) is 0. The number of halogens is 2. The van der Waals surface area contributed by atoms with Crippen LogP contribution in [0.25, 0.3) is 0 Å². The van der Waals surface area contributed by atoms with Gasteiger partial charge < -0.3 is 5.32 Å². The van der Waals surface area contributed by atoms with Crippen molar-refractivity contribution in [3.8, 4) is 6.07 Å². The molecule has 1 N–H and O–H groups in total. The molecule has 188 valence electrons. The Bertz CT molecular complexity index is 1460. The van der Waals surface area contributed by atoms with Gasteiger partial charge in [0.15, 0.2) is 11.6 Å². The Morgan fingerprint density at radius 2 is 2.08 bits per heavy atom. The lowest BCUT2D eigenvalue weighted by atomic mass is 9.74. The predicted molar refractivity (Wildman–Crippen MR) is 134 cm³/mol. The summed E-state index contributed by atoms with van der Waals surface area (Å²) >= 11 is 6.10. The predicted octanol–water partition coefficient (Wildman–Crippen LogP) is 4.21. The minimum atomic E-state index is -0.539. The van der Waals surface area contributed by atoms with Gasteiger partial charge in [0.1, 0.15) is 0 Å². The van der Waals surface area contributed by atoms with E-state index in [0.717, 1.165) is 24.8 Å². The topological polar surface area (TPSA) is 104 Å². The monoisotopic (exact) mass is 518 g/mol. The molecule has 37 heavy (non-hydrogen) atoms. The molecule has 6 rings (SSSR count). The van der Waals surface area contributed by atoms with E-state index < -0.39 is 5.82 Å². The summed E-state index contributed by atoms with van der Waals surface area (Å²) in [5, 5.41) is 17.3. The minimum absolute atomic E-state index is 0.00558. The third-order valence-electron chi connectivity index (χ3n) is 7.81. The summed E-state index contributed by atoms with van der Waals surface area (Å²) in [5.74, 6) is -0.205. The lowest BCUT2D eigenvalue weighted by Gasteiger charge is -2.36. The van der Waals surface area contributed by atoms with Gasteiger partial charge in [0.05, 0.1) is 29.4 Å². The normalized spacial score (nSPS) is 24.7. The number of rotatable bonds is 6. The number of anilines is 1. The Labute approximate surface area is 218 Å². The summed E-state index contributed by atoms with van der Waals surface area (Å²) < 4.78 is 16.5. The van der Waals surface area contributed by atoms with E-state index >= 15 is 0 Å². The molecule has 1 aromatic carbocycles. The van der Waals surface area contributed by atoms with Crippen LogP contribution in [0, 0.1) is 29.0 Å². The summed E-state index contributed by atoms with van der Waals surface area (Å²) in [6.45, 7) is 2.37. The number of carbonyl (C=O) groups is 2. The number of aromatic nitrogens is 3. The van der Waals surface area contributed by atoms with Gasteiger partial charge in [-0.25, -0.2) is 9.37 Å². The lowest BCUT2D eigenvalue weighted by Crippen LogP contribution is -2.43. The molecule has 1 aliphatic heterocycles. The standard InChI is InChI=1S/C27H24ClFN6O2/c1-14(17-7-24(29)25(31-10-17)34-12-18-6-23(18)27(34)37)35-13-19(11-32-35)26(36)33-21-4-16(5-21)22-8-20(28)3-2-15(22)9-30/h2-3,7-8,10-11,13-14,16,18,21,23H,4-6,12H2,1H3,(H,33,36)/t14?,16?,18-,21?,23-/m1/s1. The van der Waals surface area contributed by atoms with Crippen molar-refractivity contribution in [3.63, 3.8) is 0 Å². The van der Waals surface area contributed by atoms with E-state index in [1.165, 1.54) is 17.2 Å². The third kappa shape index (κ3) is 4.25. The van der Waals surface area contributed by atoms with Gasteiger partial charge in [-0.05, 0) is 73.4 Å². The fourth-order valence-corrected chi connectivity index (χ4v) is 5.57. The van der Waals surface area contributed by atoms with E-state index in [9.17, 15) is 19.2 Å². The molecule has 3 atom stereocenters. The van der Waals surface area contributed by atoms with E-state index in [1.807, 2.05) is 13.0 Å². The van der Waals surface area contributed by atoms with Crippen molar-refractivity contribution in [1.82, 2.24) is 20.1 Å². The molecule has 2 aromatic heterocycles. The summed E-state index contributed by atoms with van der Waals surface area (Å²) in [6, 6.07) is 8.47. The molecule has 3 aromatic rings. The second kappa shape index (κ2) is 8.96. The zero-order valence-electron chi connectivity index (χ0n) is 20.1. The number of carbonyl (C=O) groups excluding carboxylic acids is 2. The SMILES string of the molecule is CC(c1cnc(N2C[C@H]3C[C@H]3C2=O)c(F)c1)n1cc(C(=O)NC2CC(c3cc(Cl)ccc3C#N)C2)cn1. The fraction of sp³-hybridized carbons (Fsp3) is 0.370. The number of nitrogens with one attached hydrogen (secondary N) is 1. The first-order valence-electron chi connectivity index (χ1n) is 12.3. The molecule has 3 aliphatic rings. The number of fused-ring (bicyclic) bond motifs is 1. The van der Waals surface area contributed by atoms with Gasteiger partial charge in [-0.1, -0.05) is 11.6 Å².